The van der Waals surface area contributed by atoms with Gasteiger partial charge >= 0.3 is 18.3 Å². The van der Waals surface area contributed by atoms with E-state index in [0.717, 1.165) is 29.8 Å². The maximum atomic E-state index is 13.4. The molecular weight excluding hydrogens is 576 g/mol. The number of ether oxygens (including phenoxy) is 1. The standard InChI is InChI=1S/C31H33F6N3O3/c1-29(30(32,33)34,31(35,36)37)26-8-6-25(7-9-26)24-4-2-22(3-5-24)19-39-14-15-40(20-23-10-12-38-13-11-23)27(21-39)18-28(42)43-17-16-41/h2-13,27,41H,14-21H2,1H3/t27-/m0/s1. The Morgan fingerprint density at radius 2 is 1.42 bits per heavy atom. The smallest absolute Gasteiger partial charge is 0.406 e. The molecule has 1 aromatic heterocycles. The van der Waals surface area contributed by atoms with Gasteiger partial charge in [-0.15, -0.1) is 0 Å². The summed E-state index contributed by atoms with van der Waals surface area (Å²) in [5.74, 6) is -0.387. The first-order valence-corrected chi connectivity index (χ1v) is 13.8. The van der Waals surface area contributed by atoms with E-state index in [1.807, 2.05) is 24.3 Å². The molecule has 1 N–H and O–H groups in total. The van der Waals surface area contributed by atoms with Crippen LogP contribution in [0.5, 0.6) is 0 Å². The summed E-state index contributed by atoms with van der Waals surface area (Å²) in [5.41, 5.74) is -1.66. The third-order valence-corrected chi connectivity index (χ3v) is 7.87. The van der Waals surface area contributed by atoms with E-state index in [1.165, 1.54) is 12.1 Å². The first-order valence-electron chi connectivity index (χ1n) is 13.8. The van der Waals surface area contributed by atoms with Crippen molar-refractivity contribution in [1.82, 2.24) is 14.8 Å². The molecule has 0 bridgehead atoms. The van der Waals surface area contributed by atoms with E-state index in [9.17, 15) is 31.1 Å². The predicted octanol–water partition coefficient (Wildman–Crippen LogP) is 5.74. The molecule has 0 spiro atoms. The molecule has 1 saturated heterocycles. The van der Waals surface area contributed by atoms with Crippen molar-refractivity contribution >= 4 is 5.97 Å². The average Bonchev–Trinajstić information content (AvgIpc) is 2.97. The lowest BCUT2D eigenvalue weighted by Gasteiger charge is -2.41. The van der Waals surface area contributed by atoms with Crippen molar-refractivity contribution < 1.29 is 41.0 Å². The lowest BCUT2D eigenvalue weighted by atomic mass is 9.80. The monoisotopic (exact) mass is 609 g/mol. The number of esters is 1. The molecule has 1 atom stereocenters. The zero-order valence-corrected chi connectivity index (χ0v) is 23.5. The Hall–Kier alpha value is -3.48. The summed E-state index contributed by atoms with van der Waals surface area (Å²) in [7, 11) is 0. The number of carbonyl (C=O) groups excluding carboxylic acids is 1. The Bertz CT molecular complexity index is 1320. The molecule has 43 heavy (non-hydrogen) atoms. The van der Waals surface area contributed by atoms with Crippen molar-refractivity contribution in [1.29, 1.82) is 0 Å². The van der Waals surface area contributed by atoms with Crippen LogP contribution < -0.4 is 0 Å². The quantitative estimate of drug-likeness (QED) is 0.234. The highest BCUT2D eigenvalue weighted by Crippen LogP contribution is 2.51. The van der Waals surface area contributed by atoms with E-state index in [4.69, 9.17) is 9.84 Å². The van der Waals surface area contributed by atoms with Gasteiger partial charge in [-0.3, -0.25) is 19.6 Å². The molecule has 6 nitrogen and oxygen atoms in total. The van der Waals surface area contributed by atoms with E-state index in [-0.39, 0.29) is 38.6 Å². The minimum atomic E-state index is -5.50. The summed E-state index contributed by atoms with van der Waals surface area (Å²) < 4.78 is 85.7. The van der Waals surface area contributed by atoms with Crippen molar-refractivity contribution in [2.24, 2.45) is 0 Å². The molecule has 12 heteroatoms. The molecule has 0 amide bonds. The zero-order chi connectivity index (χ0) is 31.3. The number of nitrogens with zero attached hydrogens (tertiary/aromatic N) is 3. The second-order valence-electron chi connectivity index (χ2n) is 10.8. The Morgan fingerprint density at radius 3 is 1.98 bits per heavy atom. The van der Waals surface area contributed by atoms with Gasteiger partial charge in [0.1, 0.15) is 6.61 Å². The number of aliphatic hydroxyl groups is 1. The van der Waals surface area contributed by atoms with Gasteiger partial charge in [0.2, 0.25) is 0 Å². The van der Waals surface area contributed by atoms with Crippen LogP contribution in [-0.2, 0) is 28.0 Å². The number of aliphatic hydroxyl groups excluding tert-OH is 1. The molecule has 2 aromatic carbocycles. The summed E-state index contributed by atoms with van der Waals surface area (Å²) >= 11 is 0. The van der Waals surface area contributed by atoms with Gasteiger partial charge in [0, 0.05) is 51.2 Å². The molecule has 1 fully saturated rings. The fourth-order valence-electron chi connectivity index (χ4n) is 5.18. The van der Waals surface area contributed by atoms with Gasteiger partial charge in [0.15, 0.2) is 5.41 Å². The van der Waals surface area contributed by atoms with E-state index in [0.29, 0.717) is 37.3 Å². The minimum Gasteiger partial charge on any atom is -0.463 e. The van der Waals surface area contributed by atoms with Crippen LogP contribution in [0.3, 0.4) is 0 Å². The molecule has 1 aliphatic heterocycles. The summed E-state index contributed by atoms with van der Waals surface area (Å²) in [5, 5.41) is 8.99. The zero-order valence-electron chi connectivity index (χ0n) is 23.5. The number of halogens is 6. The van der Waals surface area contributed by atoms with Crippen molar-refractivity contribution in [3.63, 3.8) is 0 Å². The fourth-order valence-corrected chi connectivity index (χ4v) is 5.18. The van der Waals surface area contributed by atoms with Gasteiger partial charge in [-0.05, 0) is 46.9 Å². The Balaban J connectivity index is 1.43. The number of aromatic nitrogens is 1. The first kappa shape index (κ1) is 32.4. The van der Waals surface area contributed by atoms with E-state index in [2.05, 4.69) is 14.8 Å². The summed E-state index contributed by atoms with van der Waals surface area (Å²) in [6.45, 7) is 3.13. The van der Waals surface area contributed by atoms with Crippen molar-refractivity contribution in [2.75, 3.05) is 32.8 Å². The van der Waals surface area contributed by atoms with E-state index < -0.39 is 23.3 Å². The largest absolute Gasteiger partial charge is 0.463 e. The lowest BCUT2D eigenvalue weighted by molar-refractivity contribution is -0.297. The van der Waals surface area contributed by atoms with Crippen LogP contribution in [0.1, 0.15) is 30.0 Å². The summed E-state index contributed by atoms with van der Waals surface area (Å²) in [4.78, 5) is 20.9. The van der Waals surface area contributed by atoms with E-state index >= 15 is 0 Å². The Labute approximate surface area is 245 Å². The third kappa shape index (κ3) is 7.73. The molecule has 2 heterocycles. The van der Waals surface area contributed by atoms with Gasteiger partial charge in [-0.2, -0.15) is 26.3 Å². The average molecular weight is 610 g/mol. The summed E-state index contributed by atoms with van der Waals surface area (Å²) in [6.07, 6.45) is -7.40. The molecule has 232 valence electrons. The molecule has 0 radical (unpaired) electrons. The van der Waals surface area contributed by atoms with Gasteiger partial charge in [-0.25, -0.2) is 0 Å². The number of carbonyl (C=O) groups is 1. The first-order chi connectivity index (χ1) is 20.3. The molecular formula is C31H33F6N3O3. The van der Waals surface area contributed by atoms with Crippen LogP contribution >= 0.6 is 0 Å². The van der Waals surface area contributed by atoms with Gasteiger partial charge in [-0.1, -0.05) is 48.5 Å². The predicted molar refractivity (Wildman–Crippen MR) is 148 cm³/mol. The van der Waals surface area contributed by atoms with Gasteiger partial charge in [0.05, 0.1) is 13.0 Å². The maximum Gasteiger partial charge on any atom is 0.406 e. The van der Waals surface area contributed by atoms with Crippen LogP contribution in [0, 0.1) is 0 Å². The molecule has 0 saturated carbocycles. The van der Waals surface area contributed by atoms with Crippen LogP contribution in [0.4, 0.5) is 26.3 Å². The van der Waals surface area contributed by atoms with Crippen molar-refractivity contribution in [3.8, 4) is 11.1 Å². The van der Waals surface area contributed by atoms with E-state index in [1.54, 1.807) is 24.5 Å². The number of pyridine rings is 1. The number of hydrogen-bond donors (Lipinski definition) is 1. The Kier molecular flexibility index (Phi) is 10.1. The number of piperazine rings is 1. The van der Waals surface area contributed by atoms with Crippen LogP contribution in [0.2, 0.25) is 0 Å². The van der Waals surface area contributed by atoms with Crippen LogP contribution in [-0.4, -0.2) is 77.1 Å². The Morgan fingerprint density at radius 1 is 0.860 bits per heavy atom. The molecule has 3 aromatic rings. The number of benzene rings is 2. The number of alkyl halides is 6. The van der Waals surface area contributed by atoms with Gasteiger partial charge in [0.25, 0.3) is 0 Å². The second-order valence-corrected chi connectivity index (χ2v) is 10.8. The molecule has 0 unspecified atom stereocenters. The molecule has 4 rings (SSSR count). The highest BCUT2D eigenvalue weighted by Gasteiger charge is 2.68. The topological polar surface area (TPSA) is 65.9 Å². The van der Waals surface area contributed by atoms with Crippen molar-refractivity contribution in [3.05, 3.63) is 89.7 Å². The molecule has 1 aliphatic rings. The third-order valence-electron chi connectivity index (χ3n) is 7.87. The van der Waals surface area contributed by atoms with Gasteiger partial charge < -0.3 is 9.84 Å². The normalized spacial score (nSPS) is 17.2. The minimum absolute atomic E-state index is 0.0569. The highest BCUT2D eigenvalue weighted by molar-refractivity contribution is 5.70. The highest BCUT2D eigenvalue weighted by atomic mass is 19.4. The van der Waals surface area contributed by atoms with Crippen molar-refractivity contribution in [2.45, 2.75) is 50.2 Å². The lowest BCUT2D eigenvalue weighted by Crippen LogP contribution is -2.53. The molecule has 0 aliphatic carbocycles. The number of hydrogen-bond acceptors (Lipinski definition) is 6. The second kappa shape index (κ2) is 13.4. The fraction of sp³-hybridized carbons (Fsp3) is 0.419. The van der Waals surface area contributed by atoms with Crippen LogP contribution in [0.25, 0.3) is 11.1 Å². The maximum absolute atomic E-state index is 13.4. The number of rotatable bonds is 10. The SMILES string of the molecule is CC(c1ccc(-c2ccc(CN3CCN(Cc4ccncc4)[C@@H](CC(=O)OCCO)C3)cc2)cc1)(C(F)(F)F)C(F)(F)F. The summed E-state index contributed by atoms with van der Waals surface area (Å²) in [6, 6.07) is 15.3. The van der Waals surface area contributed by atoms with Crippen LogP contribution in [0.15, 0.2) is 73.1 Å².